The molecule has 0 amide bonds. The molecule has 30 heavy (non-hydrogen) atoms. The lowest BCUT2D eigenvalue weighted by Gasteiger charge is -2.47. The summed E-state index contributed by atoms with van der Waals surface area (Å²) in [6, 6.07) is -7.88. The van der Waals surface area contributed by atoms with Crippen molar-refractivity contribution < 1.29 is 40.9 Å². The van der Waals surface area contributed by atoms with Crippen molar-refractivity contribution in [3.63, 3.8) is 0 Å². The van der Waals surface area contributed by atoms with Gasteiger partial charge in [0, 0.05) is 46.5 Å². The minimum absolute atomic E-state index is 0.0290. The second-order valence-corrected chi connectivity index (χ2v) is 7.51. The number of carbonyl (C=O) groups excluding carboxylic acids is 1. The van der Waals surface area contributed by atoms with E-state index >= 15 is 0 Å². The molecule has 2 N–H and O–H groups in total. The topological polar surface area (TPSA) is 74.0 Å². The van der Waals surface area contributed by atoms with Gasteiger partial charge in [0.05, 0.1) is 21.1 Å². The minimum atomic E-state index is -3.95. The maximum absolute atomic E-state index is 13.6. The van der Waals surface area contributed by atoms with Crippen molar-refractivity contribution in [1.29, 1.82) is 0 Å². The average Bonchev–Trinajstić information content (AvgIpc) is 2.87. The number of carbonyl (C=O) groups is 1. The van der Waals surface area contributed by atoms with Gasteiger partial charge in [0.15, 0.2) is 11.5 Å². The lowest BCUT2D eigenvalue weighted by Crippen LogP contribution is -2.51. The van der Waals surface area contributed by atoms with E-state index in [1.807, 2.05) is 0 Å². The Hall–Kier alpha value is -1.79. The molecule has 0 bridgehead atoms. The molecule has 2 aliphatic heterocycles. The largest absolute Gasteiger partial charge is 0.493 e. The molecule has 2 heterocycles. The molecule has 6 nitrogen and oxygen atoms in total. The molecule has 1 aromatic carbocycles. The molecule has 2 aliphatic rings. The smallest absolute Gasteiger partial charge is 0.323 e. The highest BCUT2D eigenvalue weighted by atomic mass is 16.5. The Kier molecular flexibility index (Phi) is 3.12. The SMILES string of the molecule is [2H]c1c(OC)c(OC)c([2H])c2c1C1([2H])CC([2H])(OC(=O)[C@@]([2H])(N)C([2H])(C([2H])([2H])[2H])C([2H])([2H])[2H])C(CC(C)C)CN1C([2H])([2H])C2([2H])[2H]. The summed E-state index contributed by atoms with van der Waals surface area (Å²) in [7, 11) is 2.24. The maximum Gasteiger partial charge on any atom is 0.323 e. The molecule has 4 atom stereocenters. The molecule has 0 spiro atoms. The van der Waals surface area contributed by atoms with E-state index < -0.39 is 110 Å². The Labute approximate surface area is 203 Å². The first-order chi connectivity index (χ1) is 20.5. The van der Waals surface area contributed by atoms with E-state index in [9.17, 15) is 7.54 Å². The third-order valence-electron chi connectivity index (χ3n) is 4.94. The predicted octanol–water partition coefficient (Wildman–Crippen LogP) is 3.56. The van der Waals surface area contributed by atoms with Gasteiger partial charge < -0.3 is 19.9 Å². The van der Waals surface area contributed by atoms with Crippen LogP contribution in [-0.4, -0.2) is 50.2 Å². The van der Waals surface area contributed by atoms with E-state index in [0.717, 1.165) is 19.1 Å². The fourth-order valence-electron chi connectivity index (χ4n) is 3.53. The number of hydrogen-bond acceptors (Lipinski definition) is 6. The number of esters is 1. The number of nitrogens with zero attached hydrogens (tertiary/aromatic N) is 1. The van der Waals surface area contributed by atoms with Crippen LogP contribution in [0.5, 0.6) is 11.5 Å². The zero-order valence-electron chi connectivity index (χ0n) is 33.4. The second kappa shape index (κ2) is 9.56. The van der Waals surface area contributed by atoms with Crippen molar-refractivity contribution in [3.05, 3.63) is 23.2 Å². The van der Waals surface area contributed by atoms with Gasteiger partial charge in [0.25, 0.3) is 0 Å². The predicted molar refractivity (Wildman–Crippen MR) is 118 cm³/mol. The highest BCUT2D eigenvalue weighted by Crippen LogP contribution is 2.44. The van der Waals surface area contributed by atoms with Gasteiger partial charge in [-0.1, -0.05) is 27.6 Å². The average molecular weight is 435 g/mol. The number of methoxy groups -OCH3 is 2. The van der Waals surface area contributed by atoms with Crippen LogP contribution in [0.3, 0.4) is 0 Å². The first-order valence-corrected chi connectivity index (χ1v) is 9.51. The number of rotatable bonds is 7. The lowest BCUT2D eigenvalue weighted by molar-refractivity contribution is -0.160. The first kappa shape index (κ1) is 9.78. The van der Waals surface area contributed by atoms with Crippen molar-refractivity contribution in [1.82, 2.24) is 4.90 Å². The van der Waals surface area contributed by atoms with Crippen molar-refractivity contribution in [2.75, 3.05) is 27.3 Å². The van der Waals surface area contributed by atoms with Gasteiger partial charge in [0.1, 0.15) is 12.1 Å². The summed E-state index contributed by atoms with van der Waals surface area (Å²) < 4.78 is 150. The van der Waals surface area contributed by atoms with E-state index in [0.29, 0.717) is 0 Å². The molecule has 3 rings (SSSR count). The quantitative estimate of drug-likeness (QED) is 0.662. The zero-order valence-corrected chi connectivity index (χ0v) is 17.4. The normalized spacial score (nSPS) is 43.2. The summed E-state index contributed by atoms with van der Waals surface area (Å²) in [5.74, 6) is -8.40. The van der Waals surface area contributed by atoms with Crippen LogP contribution in [0.1, 0.15) is 79.5 Å². The lowest BCUT2D eigenvalue weighted by atomic mass is 9.79. The molecule has 0 aliphatic carbocycles. The summed E-state index contributed by atoms with van der Waals surface area (Å²) in [6.45, 7) is -7.99. The second-order valence-electron chi connectivity index (χ2n) is 7.51. The monoisotopic (exact) mass is 434 g/mol. The van der Waals surface area contributed by atoms with Crippen LogP contribution in [0, 0.1) is 17.7 Å². The van der Waals surface area contributed by atoms with E-state index in [1.54, 1.807) is 13.8 Å². The first-order valence-electron chi connectivity index (χ1n) is 17.5. The van der Waals surface area contributed by atoms with E-state index in [1.165, 1.54) is 0 Å². The van der Waals surface area contributed by atoms with E-state index in [-0.39, 0.29) is 12.3 Å². The number of benzene rings is 1. The van der Waals surface area contributed by atoms with Crippen LogP contribution in [0.25, 0.3) is 0 Å². The molecular formula is C24H38N2O4. The Morgan fingerprint density at radius 1 is 1.40 bits per heavy atom. The molecule has 0 radical (unpaired) electrons. The molecule has 1 fully saturated rings. The van der Waals surface area contributed by atoms with Crippen molar-refractivity contribution in [2.45, 2.75) is 64.9 Å². The molecule has 1 saturated heterocycles. The molecule has 3 unspecified atom stereocenters. The number of ether oxygens (including phenoxy) is 3. The summed E-state index contributed by atoms with van der Waals surface area (Å²) in [5, 5.41) is 0. The van der Waals surface area contributed by atoms with Crippen LogP contribution in [-0.2, 0) is 15.9 Å². The van der Waals surface area contributed by atoms with Crippen LogP contribution >= 0.6 is 0 Å². The van der Waals surface area contributed by atoms with Gasteiger partial charge in [-0.25, -0.2) is 0 Å². The molecular weight excluding hydrogens is 380 g/mol. The summed E-state index contributed by atoms with van der Waals surface area (Å²) >= 11 is 0. The number of hydrogen-bond donors (Lipinski definition) is 1. The molecule has 0 saturated carbocycles. The fraction of sp³-hybridized carbons (Fsp3) is 0.708. The Bertz CT molecular complexity index is 1370. The van der Waals surface area contributed by atoms with Crippen LogP contribution < -0.4 is 15.2 Å². The van der Waals surface area contributed by atoms with Gasteiger partial charge >= 0.3 is 5.97 Å². The third kappa shape index (κ3) is 4.75. The van der Waals surface area contributed by atoms with Crippen LogP contribution in [0.4, 0.5) is 0 Å². The Morgan fingerprint density at radius 3 is 2.73 bits per heavy atom. The number of fused-ring (bicyclic) bond motifs is 3. The summed E-state index contributed by atoms with van der Waals surface area (Å²) in [5.41, 5.74) is 4.39. The third-order valence-corrected chi connectivity index (χ3v) is 4.94. The van der Waals surface area contributed by atoms with Gasteiger partial charge in [-0.15, -0.1) is 0 Å². The Morgan fingerprint density at radius 2 is 2.10 bits per heavy atom. The highest BCUT2D eigenvalue weighted by Gasteiger charge is 2.41. The Balaban J connectivity index is 2.35. The number of piperidine rings is 1. The standard InChI is InChI=1S/C24H38N2O4/c1-14(2)9-17-13-26-8-7-16-10-21(28-5)22(29-6)11-18(16)19(26)12-20(17)30-24(27)23(25)15(3)4/h10-11,14-15,17,19-20,23H,7-9,12-13,25H2,1-6H3/t17?,19?,20?,23-/m0/s1/i3D3,4D3,7D2,8D2,10D,11D,15D,19D,20D,23D. The van der Waals surface area contributed by atoms with Crippen LogP contribution in [0.2, 0.25) is 0 Å². The van der Waals surface area contributed by atoms with Gasteiger partial charge in [-0.05, 0) is 47.8 Å². The molecule has 0 aromatic heterocycles. The minimum Gasteiger partial charge on any atom is -0.493 e. The summed E-state index contributed by atoms with van der Waals surface area (Å²) in [6.07, 6.45) is -6.83. The van der Waals surface area contributed by atoms with Gasteiger partial charge in [0.2, 0.25) is 0 Å². The van der Waals surface area contributed by atoms with Crippen molar-refractivity contribution in [2.24, 2.45) is 23.5 Å². The van der Waals surface area contributed by atoms with Crippen molar-refractivity contribution >= 4 is 5.97 Å². The highest BCUT2D eigenvalue weighted by molar-refractivity contribution is 5.76. The summed E-state index contributed by atoms with van der Waals surface area (Å²) in [4.78, 5) is 14.3. The maximum atomic E-state index is 13.6. The molecule has 1 aromatic rings. The van der Waals surface area contributed by atoms with Gasteiger partial charge in [-0.2, -0.15) is 0 Å². The van der Waals surface area contributed by atoms with E-state index in [2.05, 4.69) is 0 Å². The van der Waals surface area contributed by atoms with Gasteiger partial charge in [-0.3, -0.25) is 9.69 Å². The zero-order chi connectivity index (χ0) is 36.0. The van der Waals surface area contributed by atoms with E-state index in [4.69, 9.17) is 39.1 Å². The fourth-order valence-corrected chi connectivity index (χ4v) is 3.53. The van der Waals surface area contributed by atoms with Crippen molar-refractivity contribution in [3.8, 4) is 11.5 Å². The number of nitrogens with two attached hydrogens (primary N) is 1. The molecule has 168 valence electrons. The van der Waals surface area contributed by atoms with Crippen LogP contribution in [0.15, 0.2) is 12.1 Å². The molecule has 6 heteroatoms.